The number of rotatable bonds is 13. The maximum Gasteiger partial charge on any atom is 0.242 e. The molecule has 0 aliphatic heterocycles. The molecule has 0 spiro atoms. The van der Waals surface area contributed by atoms with Gasteiger partial charge in [-0.2, -0.15) is 0 Å². The van der Waals surface area contributed by atoms with E-state index in [1.165, 1.54) is 4.31 Å². The third-order valence-corrected chi connectivity index (χ3v) is 7.47. The van der Waals surface area contributed by atoms with Crippen LogP contribution in [0.25, 0.3) is 0 Å². The number of amides is 2. The minimum absolute atomic E-state index is 0.0930. The van der Waals surface area contributed by atoms with Gasteiger partial charge in [-0.05, 0) is 55.7 Å². The average Bonchev–Trinajstić information content (AvgIpc) is 2.80. The molecule has 0 saturated carbocycles. The predicted molar refractivity (Wildman–Crippen MR) is 145 cm³/mol. The first kappa shape index (κ1) is 29.1. The van der Waals surface area contributed by atoms with E-state index < -0.39 is 16.1 Å². The molecule has 1 N–H and O–H groups in total. The Hall–Kier alpha value is -2.10. The lowest BCUT2D eigenvalue weighted by Crippen LogP contribution is -2.47. The molecule has 10 heteroatoms. The van der Waals surface area contributed by atoms with Crippen molar-refractivity contribution in [3.05, 3.63) is 63.6 Å². The van der Waals surface area contributed by atoms with E-state index in [0.717, 1.165) is 29.1 Å². The number of sulfonamides is 1. The summed E-state index contributed by atoms with van der Waals surface area (Å²) in [7, 11) is -3.57. The Morgan fingerprint density at radius 2 is 1.80 bits per heavy atom. The first-order valence-electron chi connectivity index (χ1n) is 11.6. The van der Waals surface area contributed by atoms with E-state index in [4.69, 9.17) is 11.6 Å². The number of unbranched alkanes of at least 4 members (excludes halogenated alkanes) is 1. The van der Waals surface area contributed by atoms with Gasteiger partial charge in [0.1, 0.15) is 6.04 Å². The second-order valence-corrected chi connectivity index (χ2v) is 11.6. The van der Waals surface area contributed by atoms with Crippen molar-refractivity contribution in [2.45, 2.75) is 52.1 Å². The van der Waals surface area contributed by atoms with Crippen molar-refractivity contribution in [1.29, 1.82) is 0 Å². The fraction of sp³-hybridized carbons (Fsp3) is 0.440. The maximum absolute atomic E-state index is 13.3. The Labute approximate surface area is 222 Å². The van der Waals surface area contributed by atoms with Gasteiger partial charge in [0.15, 0.2) is 0 Å². The van der Waals surface area contributed by atoms with Crippen molar-refractivity contribution in [3.8, 4) is 0 Å². The zero-order chi connectivity index (χ0) is 26.0. The molecular formula is C25H33BrClN3O4S. The van der Waals surface area contributed by atoms with E-state index in [0.29, 0.717) is 23.7 Å². The van der Waals surface area contributed by atoms with Gasteiger partial charge in [0.05, 0.1) is 11.9 Å². The fourth-order valence-electron chi connectivity index (χ4n) is 3.54. The van der Waals surface area contributed by atoms with E-state index in [9.17, 15) is 18.0 Å². The van der Waals surface area contributed by atoms with E-state index in [1.807, 2.05) is 31.2 Å². The van der Waals surface area contributed by atoms with Crippen LogP contribution in [-0.4, -0.2) is 50.5 Å². The molecule has 0 aliphatic carbocycles. The number of anilines is 1. The summed E-state index contributed by atoms with van der Waals surface area (Å²) < 4.78 is 26.9. The average molecular weight is 587 g/mol. The Kier molecular flexibility index (Phi) is 11.5. The molecule has 2 aromatic carbocycles. The lowest BCUT2D eigenvalue weighted by molar-refractivity contribution is -0.140. The largest absolute Gasteiger partial charge is 0.354 e. The SMILES string of the molecule is CCCCNC(=O)[C@H](C)N(Cc1ccc(Br)cc1)C(=O)CCCN(c1cccc(Cl)c1)S(C)(=O)=O. The molecule has 35 heavy (non-hydrogen) atoms. The highest BCUT2D eigenvalue weighted by molar-refractivity contribution is 9.10. The number of nitrogens with one attached hydrogen (secondary N) is 1. The zero-order valence-corrected chi connectivity index (χ0v) is 23.5. The Balaban J connectivity index is 2.13. The molecule has 2 rings (SSSR count). The standard InChI is InChI=1S/C25H33BrClN3O4S/c1-4-5-15-28-25(32)19(2)29(18-20-11-13-21(26)14-12-20)24(31)10-7-16-30(35(3,33)34)23-9-6-8-22(27)17-23/h6,8-9,11-14,17,19H,4-5,7,10,15-16,18H2,1-3H3,(H,28,32)/t19-/m0/s1. The highest BCUT2D eigenvalue weighted by atomic mass is 79.9. The number of carbonyl (C=O) groups excluding carboxylic acids is 2. The van der Waals surface area contributed by atoms with Gasteiger partial charge in [-0.1, -0.05) is 59.1 Å². The Morgan fingerprint density at radius 1 is 1.11 bits per heavy atom. The number of halogens is 2. The summed E-state index contributed by atoms with van der Waals surface area (Å²) in [6, 6.07) is 13.5. The molecule has 0 heterocycles. The number of nitrogens with zero attached hydrogens (tertiary/aromatic N) is 2. The van der Waals surface area contributed by atoms with E-state index >= 15 is 0 Å². The van der Waals surface area contributed by atoms with Gasteiger partial charge in [0.25, 0.3) is 0 Å². The van der Waals surface area contributed by atoms with Crippen LogP contribution in [0.4, 0.5) is 5.69 Å². The van der Waals surface area contributed by atoms with Gasteiger partial charge in [-0.25, -0.2) is 8.42 Å². The molecule has 0 unspecified atom stereocenters. The molecular weight excluding hydrogens is 554 g/mol. The van der Waals surface area contributed by atoms with E-state index in [-0.39, 0.29) is 31.3 Å². The molecule has 0 fully saturated rings. The van der Waals surface area contributed by atoms with Crippen LogP contribution in [0.5, 0.6) is 0 Å². The van der Waals surface area contributed by atoms with E-state index in [1.54, 1.807) is 36.1 Å². The van der Waals surface area contributed by atoms with Crippen molar-refractivity contribution in [1.82, 2.24) is 10.2 Å². The van der Waals surface area contributed by atoms with Crippen molar-refractivity contribution >= 4 is 55.1 Å². The van der Waals surface area contributed by atoms with E-state index in [2.05, 4.69) is 21.2 Å². The summed E-state index contributed by atoms with van der Waals surface area (Å²) in [6.45, 7) is 4.71. The van der Waals surface area contributed by atoms with Crippen LogP contribution in [0.1, 0.15) is 45.1 Å². The van der Waals surface area contributed by atoms with Crippen molar-refractivity contribution in [3.63, 3.8) is 0 Å². The molecule has 0 saturated heterocycles. The molecule has 1 atom stereocenters. The van der Waals surface area contributed by atoms with Gasteiger partial charge < -0.3 is 10.2 Å². The smallest absolute Gasteiger partial charge is 0.242 e. The van der Waals surface area contributed by atoms with Crippen LogP contribution in [0, 0.1) is 0 Å². The molecule has 0 radical (unpaired) electrons. The van der Waals surface area contributed by atoms with Crippen LogP contribution < -0.4 is 9.62 Å². The summed E-state index contributed by atoms with van der Waals surface area (Å²) in [5, 5.41) is 3.32. The maximum atomic E-state index is 13.3. The van der Waals surface area contributed by atoms with Crippen molar-refractivity contribution < 1.29 is 18.0 Å². The highest BCUT2D eigenvalue weighted by Gasteiger charge is 2.26. The molecule has 2 amide bonds. The summed E-state index contributed by atoms with van der Waals surface area (Å²) >= 11 is 9.45. The van der Waals surface area contributed by atoms with Crippen LogP contribution >= 0.6 is 27.5 Å². The first-order chi connectivity index (χ1) is 16.5. The van der Waals surface area contributed by atoms with Crippen LogP contribution in [-0.2, 0) is 26.2 Å². The summed E-state index contributed by atoms with van der Waals surface area (Å²) in [4.78, 5) is 27.5. The van der Waals surface area contributed by atoms with Crippen LogP contribution in [0.15, 0.2) is 53.0 Å². The fourth-order valence-corrected chi connectivity index (χ4v) is 4.95. The molecule has 2 aromatic rings. The van der Waals surface area contributed by atoms with Crippen molar-refractivity contribution in [2.24, 2.45) is 0 Å². The third-order valence-electron chi connectivity index (χ3n) is 5.51. The van der Waals surface area contributed by atoms with Gasteiger partial charge in [0.2, 0.25) is 21.8 Å². The van der Waals surface area contributed by atoms with Gasteiger partial charge in [-0.15, -0.1) is 0 Å². The monoisotopic (exact) mass is 585 g/mol. The van der Waals surface area contributed by atoms with Crippen LogP contribution in [0.2, 0.25) is 5.02 Å². The normalized spacial score (nSPS) is 12.1. The minimum atomic E-state index is -3.57. The second-order valence-electron chi connectivity index (χ2n) is 8.39. The zero-order valence-electron chi connectivity index (χ0n) is 20.3. The summed E-state index contributed by atoms with van der Waals surface area (Å²) in [5.74, 6) is -0.425. The number of hydrogen-bond donors (Lipinski definition) is 1. The Bertz CT molecular complexity index is 1100. The predicted octanol–water partition coefficient (Wildman–Crippen LogP) is 4.98. The third kappa shape index (κ3) is 9.46. The first-order valence-corrected chi connectivity index (χ1v) is 14.6. The molecule has 192 valence electrons. The lowest BCUT2D eigenvalue weighted by Gasteiger charge is -2.29. The highest BCUT2D eigenvalue weighted by Crippen LogP contribution is 2.23. The number of hydrogen-bond acceptors (Lipinski definition) is 4. The number of benzene rings is 2. The van der Waals surface area contributed by atoms with Crippen molar-refractivity contribution in [2.75, 3.05) is 23.7 Å². The van der Waals surface area contributed by atoms with Crippen LogP contribution in [0.3, 0.4) is 0 Å². The van der Waals surface area contributed by atoms with Gasteiger partial charge >= 0.3 is 0 Å². The number of carbonyl (C=O) groups is 2. The van der Waals surface area contributed by atoms with Gasteiger partial charge in [0, 0.05) is 35.6 Å². The molecule has 7 nitrogen and oxygen atoms in total. The molecule has 0 aliphatic rings. The molecule has 0 aromatic heterocycles. The topological polar surface area (TPSA) is 86.8 Å². The summed E-state index contributed by atoms with van der Waals surface area (Å²) in [5.41, 5.74) is 1.34. The quantitative estimate of drug-likeness (QED) is 0.335. The summed E-state index contributed by atoms with van der Waals surface area (Å²) in [6.07, 6.45) is 3.33. The minimum Gasteiger partial charge on any atom is -0.354 e. The second kappa shape index (κ2) is 13.8. The lowest BCUT2D eigenvalue weighted by atomic mass is 10.1. The Morgan fingerprint density at radius 3 is 2.40 bits per heavy atom. The van der Waals surface area contributed by atoms with Gasteiger partial charge in [-0.3, -0.25) is 13.9 Å². The molecule has 0 bridgehead atoms.